The van der Waals surface area contributed by atoms with Crippen molar-refractivity contribution in [3.8, 4) is 6.07 Å². The number of hydrogen-bond donors (Lipinski definition) is 0. The Kier molecular flexibility index (Phi) is 4.67. The van der Waals surface area contributed by atoms with Gasteiger partial charge in [-0.25, -0.2) is 8.78 Å². The zero-order valence-electron chi connectivity index (χ0n) is 13.3. The molecule has 0 aliphatic carbocycles. The summed E-state index contributed by atoms with van der Waals surface area (Å²) >= 11 is 0. The number of nitrogens with zero attached hydrogens (tertiary/aromatic N) is 3. The molecule has 0 unspecified atom stereocenters. The Bertz CT molecular complexity index is 660. The fraction of sp³-hybridized carbons (Fsp3) is 0.529. The van der Waals surface area contributed by atoms with Gasteiger partial charge in [-0.3, -0.25) is 4.79 Å². The van der Waals surface area contributed by atoms with Crippen LogP contribution in [0.15, 0.2) is 18.2 Å². The van der Waals surface area contributed by atoms with Crippen molar-refractivity contribution in [2.45, 2.75) is 12.8 Å². The molecule has 0 atom stereocenters. The van der Waals surface area contributed by atoms with Crippen LogP contribution in [0.2, 0.25) is 0 Å². The summed E-state index contributed by atoms with van der Waals surface area (Å²) in [4.78, 5) is 16.1. The number of amides is 1. The summed E-state index contributed by atoms with van der Waals surface area (Å²) in [5, 5.41) is 9.48. The first-order chi connectivity index (χ1) is 11.6. The molecule has 24 heavy (non-hydrogen) atoms. The fourth-order valence-corrected chi connectivity index (χ4v) is 3.28. The van der Waals surface area contributed by atoms with E-state index in [1.807, 2.05) is 0 Å². The zero-order chi connectivity index (χ0) is 17.2. The highest BCUT2D eigenvalue weighted by Crippen LogP contribution is 2.33. The van der Waals surface area contributed by atoms with Crippen LogP contribution in [0, 0.1) is 28.4 Å². The molecule has 5 nitrogen and oxygen atoms in total. The number of rotatable bonds is 2. The van der Waals surface area contributed by atoms with Gasteiger partial charge < -0.3 is 14.5 Å². The lowest BCUT2D eigenvalue weighted by atomic mass is 9.80. The fourth-order valence-electron chi connectivity index (χ4n) is 3.28. The van der Waals surface area contributed by atoms with Gasteiger partial charge in [0, 0.05) is 39.4 Å². The van der Waals surface area contributed by atoms with Crippen molar-refractivity contribution in [3.05, 3.63) is 29.8 Å². The summed E-state index contributed by atoms with van der Waals surface area (Å²) in [5.74, 6) is -1.92. The quantitative estimate of drug-likeness (QED) is 0.829. The first-order valence-electron chi connectivity index (χ1n) is 8.05. The lowest BCUT2D eigenvalue weighted by Crippen LogP contribution is -2.54. The van der Waals surface area contributed by atoms with Gasteiger partial charge in [0.05, 0.1) is 11.8 Å². The van der Waals surface area contributed by atoms with Crippen LogP contribution in [-0.4, -0.2) is 50.2 Å². The van der Waals surface area contributed by atoms with E-state index in [9.17, 15) is 18.8 Å². The Labute approximate surface area is 139 Å². The molecule has 0 radical (unpaired) electrons. The highest BCUT2D eigenvalue weighted by Gasteiger charge is 2.43. The minimum absolute atomic E-state index is 0.173. The molecule has 0 bridgehead atoms. The maximum absolute atomic E-state index is 13.9. The number of ether oxygens (including phenoxy) is 1. The third kappa shape index (κ3) is 2.94. The molecule has 7 heteroatoms. The monoisotopic (exact) mass is 335 g/mol. The molecule has 0 saturated carbocycles. The van der Waals surface area contributed by atoms with Gasteiger partial charge in [-0.15, -0.1) is 0 Å². The van der Waals surface area contributed by atoms with E-state index in [1.165, 1.54) is 12.1 Å². The number of piperazine rings is 1. The molecule has 0 spiro atoms. The predicted molar refractivity (Wildman–Crippen MR) is 83.3 cm³/mol. The van der Waals surface area contributed by atoms with E-state index in [4.69, 9.17) is 4.74 Å². The van der Waals surface area contributed by atoms with Crippen LogP contribution in [0.25, 0.3) is 0 Å². The summed E-state index contributed by atoms with van der Waals surface area (Å²) in [7, 11) is 0. The van der Waals surface area contributed by atoms with Crippen molar-refractivity contribution >= 4 is 11.6 Å². The molecule has 2 saturated heterocycles. The van der Waals surface area contributed by atoms with E-state index < -0.39 is 17.0 Å². The SMILES string of the molecule is N#CC1(C(=O)N2CCN(c3cccc(F)c3F)CC2)CCOCC1. The van der Waals surface area contributed by atoms with Crippen molar-refractivity contribution in [1.82, 2.24) is 4.90 Å². The molecule has 1 aromatic rings. The summed E-state index contributed by atoms with van der Waals surface area (Å²) in [6.45, 7) is 2.41. The van der Waals surface area contributed by atoms with Crippen molar-refractivity contribution in [1.29, 1.82) is 5.26 Å². The highest BCUT2D eigenvalue weighted by atomic mass is 19.2. The normalized spacial score (nSPS) is 20.5. The van der Waals surface area contributed by atoms with Gasteiger partial charge in [0.25, 0.3) is 0 Å². The van der Waals surface area contributed by atoms with E-state index >= 15 is 0 Å². The van der Waals surface area contributed by atoms with Gasteiger partial charge in [0.2, 0.25) is 5.91 Å². The molecule has 0 N–H and O–H groups in total. The van der Waals surface area contributed by atoms with Gasteiger partial charge in [0.1, 0.15) is 5.41 Å². The molecule has 2 heterocycles. The van der Waals surface area contributed by atoms with Gasteiger partial charge in [0.15, 0.2) is 11.6 Å². The summed E-state index contributed by atoms with van der Waals surface area (Å²) in [6.07, 6.45) is 0.808. The lowest BCUT2D eigenvalue weighted by Gasteiger charge is -2.40. The van der Waals surface area contributed by atoms with Crippen molar-refractivity contribution in [2.75, 3.05) is 44.3 Å². The van der Waals surface area contributed by atoms with Gasteiger partial charge in [-0.2, -0.15) is 5.26 Å². The van der Waals surface area contributed by atoms with Crippen LogP contribution in [-0.2, 0) is 9.53 Å². The molecule has 1 amide bonds. The Morgan fingerprint density at radius 1 is 1.17 bits per heavy atom. The number of anilines is 1. The average molecular weight is 335 g/mol. The van der Waals surface area contributed by atoms with Crippen molar-refractivity contribution in [3.63, 3.8) is 0 Å². The second-order valence-electron chi connectivity index (χ2n) is 6.16. The van der Waals surface area contributed by atoms with E-state index in [0.29, 0.717) is 52.2 Å². The molecule has 2 aliphatic rings. The minimum Gasteiger partial charge on any atom is -0.381 e. The van der Waals surface area contributed by atoms with Gasteiger partial charge in [-0.1, -0.05) is 6.07 Å². The van der Waals surface area contributed by atoms with Crippen LogP contribution < -0.4 is 4.90 Å². The maximum Gasteiger partial charge on any atom is 0.243 e. The highest BCUT2D eigenvalue weighted by molar-refractivity contribution is 5.86. The zero-order valence-corrected chi connectivity index (χ0v) is 13.3. The Balaban J connectivity index is 1.67. The van der Waals surface area contributed by atoms with Crippen LogP contribution in [0.1, 0.15) is 12.8 Å². The molecule has 0 aromatic heterocycles. The molecule has 128 valence electrons. The third-order valence-corrected chi connectivity index (χ3v) is 4.81. The predicted octanol–water partition coefficient (Wildman–Crippen LogP) is 1.93. The summed E-state index contributed by atoms with van der Waals surface area (Å²) < 4.78 is 32.5. The van der Waals surface area contributed by atoms with E-state index in [2.05, 4.69) is 6.07 Å². The number of carbonyl (C=O) groups is 1. The first kappa shape index (κ1) is 16.7. The number of benzene rings is 1. The molecule has 2 aliphatic heterocycles. The van der Waals surface area contributed by atoms with E-state index in [-0.39, 0.29) is 11.6 Å². The molecule has 2 fully saturated rings. The van der Waals surface area contributed by atoms with Gasteiger partial charge >= 0.3 is 0 Å². The first-order valence-corrected chi connectivity index (χ1v) is 8.05. The average Bonchev–Trinajstić information content (AvgIpc) is 2.64. The second kappa shape index (κ2) is 6.73. The summed E-state index contributed by atoms with van der Waals surface area (Å²) in [6, 6.07) is 6.27. The van der Waals surface area contributed by atoms with Crippen LogP contribution in [0.4, 0.5) is 14.5 Å². The molecule has 3 rings (SSSR count). The van der Waals surface area contributed by atoms with E-state index in [1.54, 1.807) is 9.80 Å². The summed E-state index contributed by atoms with van der Waals surface area (Å²) in [5.41, 5.74) is -0.798. The maximum atomic E-state index is 13.9. The van der Waals surface area contributed by atoms with Crippen molar-refractivity contribution < 1.29 is 18.3 Å². The standard InChI is InChI=1S/C17H19F2N3O2/c18-13-2-1-3-14(15(13)19)21-6-8-22(9-7-21)16(23)17(12-20)4-10-24-11-5-17/h1-3H,4-11H2. The van der Waals surface area contributed by atoms with Crippen LogP contribution in [0.5, 0.6) is 0 Å². The Morgan fingerprint density at radius 2 is 1.83 bits per heavy atom. The van der Waals surface area contributed by atoms with Crippen LogP contribution in [0.3, 0.4) is 0 Å². The van der Waals surface area contributed by atoms with Crippen molar-refractivity contribution in [2.24, 2.45) is 5.41 Å². The topological polar surface area (TPSA) is 56.6 Å². The largest absolute Gasteiger partial charge is 0.381 e. The number of nitriles is 1. The lowest BCUT2D eigenvalue weighted by molar-refractivity contribution is -0.143. The third-order valence-electron chi connectivity index (χ3n) is 4.81. The molecular weight excluding hydrogens is 316 g/mol. The van der Waals surface area contributed by atoms with Crippen LogP contribution >= 0.6 is 0 Å². The Hall–Kier alpha value is -2.20. The number of carbonyl (C=O) groups excluding carboxylic acids is 1. The Morgan fingerprint density at radius 3 is 2.46 bits per heavy atom. The smallest absolute Gasteiger partial charge is 0.243 e. The minimum atomic E-state index is -1.01. The van der Waals surface area contributed by atoms with E-state index in [0.717, 1.165) is 6.07 Å². The van der Waals surface area contributed by atoms with Gasteiger partial charge in [-0.05, 0) is 25.0 Å². The molecular formula is C17H19F2N3O2. The second-order valence-corrected chi connectivity index (χ2v) is 6.16. The molecule has 1 aromatic carbocycles. The number of hydrogen-bond acceptors (Lipinski definition) is 4. The number of halogens is 2.